The minimum Gasteiger partial charge on any atom is -0.481 e. The molecule has 1 fully saturated rings. The SMILES string of the molecule is O=C(O)C1(c2nccs2)CCCC1. The smallest absolute Gasteiger partial charge is 0.316 e. The van der Waals surface area contributed by atoms with E-state index in [2.05, 4.69) is 4.98 Å². The summed E-state index contributed by atoms with van der Waals surface area (Å²) in [5.41, 5.74) is -0.659. The van der Waals surface area contributed by atoms with E-state index >= 15 is 0 Å². The van der Waals surface area contributed by atoms with Crippen LogP contribution in [0.5, 0.6) is 0 Å². The topological polar surface area (TPSA) is 50.2 Å². The van der Waals surface area contributed by atoms with Crippen LogP contribution in [0.15, 0.2) is 11.6 Å². The van der Waals surface area contributed by atoms with Gasteiger partial charge in [0.05, 0.1) is 0 Å². The number of aliphatic carboxylic acids is 1. The molecular weight excluding hydrogens is 186 g/mol. The second-order valence-corrected chi connectivity index (χ2v) is 4.33. The molecule has 0 aromatic carbocycles. The highest BCUT2D eigenvalue weighted by atomic mass is 32.1. The Morgan fingerprint density at radius 2 is 2.23 bits per heavy atom. The number of carboxylic acids is 1. The van der Waals surface area contributed by atoms with Crippen LogP contribution < -0.4 is 0 Å². The average Bonchev–Trinajstić information content (AvgIpc) is 2.75. The molecule has 2 rings (SSSR count). The first-order valence-corrected chi connectivity index (χ1v) is 5.27. The van der Waals surface area contributed by atoms with Gasteiger partial charge in [0.25, 0.3) is 0 Å². The lowest BCUT2D eigenvalue weighted by Gasteiger charge is -2.20. The molecule has 0 amide bonds. The van der Waals surface area contributed by atoms with E-state index in [1.807, 2.05) is 5.38 Å². The van der Waals surface area contributed by atoms with E-state index in [9.17, 15) is 9.90 Å². The summed E-state index contributed by atoms with van der Waals surface area (Å²) >= 11 is 1.46. The van der Waals surface area contributed by atoms with Crippen LogP contribution in [0.1, 0.15) is 30.7 Å². The van der Waals surface area contributed by atoms with E-state index in [1.165, 1.54) is 11.3 Å². The van der Waals surface area contributed by atoms with E-state index in [0.29, 0.717) is 0 Å². The fourth-order valence-corrected chi connectivity index (χ4v) is 2.85. The number of aromatic nitrogens is 1. The van der Waals surface area contributed by atoms with Gasteiger partial charge in [-0.2, -0.15) is 0 Å². The highest BCUT2D eigenvalue weighted by Gasteiger charge is 2.44. The predicted octanol–water partition coefficient (Wildman–Crippen LogP) is 2.04. The molecule has 0 saturated heterocycles. The lowest BCUT2D eigenvalue weighted by Crippen LogP contribution is -2.32. The Balaban J connectivity index is 2.39. The summed E-state index contributed by atoms with van der Waals surface area (Å²) in [6.45, 7) is 0. The summed E-state index contributed by atoms with van der Waals surface area (Å²) in [6, 6.07) is 0. The van der Waals surface area contributed by atoms with Crippen LogP contribution in [0.2, 0.25) is 0 Å². The zero-order valence-corrected chi connectivity index (χ0v) is 8.01. The van der Waals surface area contributed by atoms with Crippen molar-refractivity contribution in [3.05, 3.63) is 16.6 Å². The standard InChI is InChI=1S/C9H11NO2S/c11-8(12)9(3-1-2-4-9)7-10-5-6-13-7/h5-6H,1-4H2,(H,11,12). The summed E-state index contributed by atoms with van der Waals surface area (Å²) in [5.74, 6) is -0.708. The van der Waals surface area contributed by atoms with Crippen molar-refractivity contribution in [2.75, 3.05) is 0 Å². The molecule has 1 aliphatic carbocycles. The van der Waals surface area contributed by atoms with Crippen molar-refractivity contribution in [3.8, 4) is 0 Å². The van der Waals surface area contributed by atoms with Crippen molar-refractivity contribution < 1.29 is 9.90 Å². The first-order chi connectivity index (χ1) is 6.26. The van der Waals surface area contributed by atoms with Gasteiger partial charge in [0, 0.05) is 11.6 Å². The van der Waals surface area contributed by atoms with Crippen LogP contribution in [-0.2, 0) is 10.2 Å². The highest BCUT2D eigenvalue weighted by molar-refractivity contribution is 7.09. The highest BCUT2D eigenvalue weighted by Crippen LogP contribution is 2.41. The van der Waals surface area contributed by atoms with E-state index in [4.69, 9.17) is 0 Å². The Labute approximate surface area is 80.4 Å². The Kier molecular flexibility index (Phi) is 2.07. The molecule has 0 spiro atoms. The number of thiazole rings is 1. The van der Waals surface area contributed by atoms with Gasteiger partial charge in [0.2, 0.25) is 0 Å². The number of hydrogen-bond acceptors (Lipinski definition) is 3. The maximum absolute atomic E-state index is 11.2. The van der Waals surface area contributed by atoms with Gasteiger partial charge < -0.3 is 5.11 Å². The third-order valence-electron chi connectivity index (χ3n) is 2.71. The first-order valence-electron chi connectivity index (χ1n) is 4.39. The normalized spacial score (nSPS) is 20.3. The fraction of sp³-hybridized carbons (Fsp3) is 0.556. The Morgan fingerprint density at radius 1 is 1.54 bits per heavy atom. The molecule has 0 unspecified atom stereocenters. The molecule has 13 heavy (non-hydrogen) atoms. The Morgan fingerprint density at radius 3 is 2.69 bits per heavy atom. The summed E-state index contributed by atoms with van der Waals surface area (Å²) in [4.78, 5) is 15.3. The van der Waals surface area contributed by atoms with Crippen LogP contribution in [0, 0.1) is 0 Å². The fourth-order valence-electron chi connectivity index (χ4n) is 1.96. The molecule has 3 nitrogen and oxygen atoms in total. The zero-order valence-electron chi connectivity index (χ0n) is 7.19. The number of hydrogen-bond donors (Lipinski definition) is 1. The summed E-state index contributed by atoms with van der Waals surface area (Å²) in [5, 5.41) is 11.8. The molecule has 0 aliphatic heterocycles. The average molecular weight is 197 g/mol. The monoisotopic (exact) mass is 197 g/mol. The molecule has 0 bridgehead atoms. The van der Waals surface area contributed by atoms with Crippen LogP contribution in [0.25, 0.3) is 0 Å². The van der Waals surface area contributed by atoms with Crippen molar-refractivity contribution in [2.45, 2.75) is 31.1 Å². The van der Waals surface area contributed by atoms with Gasteiger partial charge in [0.15, 0.2) is 0 Å². The zero-order chi connectivity index (χ0) is 9.31. The molecule has 1 saturated carbocycles. The second kappa shape index (κ2) is 3.10. The lowest BCUT2D eigenvalue weighted by molar-refractivity contribution is -0.143. The molecule has 1 aliphatic rings. The van der Waals surface area contributed by atoms with E-state index < -0.39 is 11.4 Å². The molecule has 1 aromatic heterocycles. The van der Waals surface area contributed by atoms with Crippen LogP contribution >= 0.6 is 11.3 Å². The third-order valence-corrected chi connectivity index (χ3v) is 3.69. The molecular formula is C9H11NO2S. The quantitative estimate of drug-likeness (QED) is 0.789. The Bertz CT molecular complexity index is 301. The number of carboxylic acid groups (broad SMARTS) is 1. The molecule has 1 N–H and O–H groups in total. The molecule has 1 heterocycles. The minimum atomic E-state index is -0.708. The summed E-state index contributed by atoms with van der Waals surface area (Å²) in [6.07, 6.45) is 5.19. The van der Waals surface area contributed by atoms with Gasteiger partial charge in [-0.3, -0.25) is 4.79 Å². The van der Waals surface area contributed by atoms with Crippen LogP contribution in [0.3, 0.4) is 0 Å². The third kappa shape index (κ3) is 1.25. The van der Waals surface area contributed by atoms with Crippen molar-refractivity contribution in [2.24, 2.45) is 0 Å². The maximum Gasteiger partial charge on any atom is 0.316 e. The number of carbonyl (C=O) groups is 1. The Hall–Kier alpha value is -0.900. The van der Waals surface area contributed by atoms with Crippen LogP contribution in [-0.4, -0.2) is 16.1 Å². The van der Waals surface area contributed by atoms with Crippen LogP contribution in [0.4, 0.5) is 0 Å². The lowest BCUT2D eigenvalue weighted by atomic mass is 9.87. The van der Waals surface area contributed by atoms with Crippen molar-refractivity contribution >= 4 is 17.3 Å². The summed E-state index contributed by atoms with van der Waals surface area (Å²) in [7, 11) is 0. The number of rotatable bonds is 2. The number of nitrogens with zero attached hydrogens (tertiary/aromatic N) is 1. The molecule has 0 radical (unpaired) electrons. The van der Waals surface area contributed by atoms with Crippen molar-refractivity contribution in [1.29, 1.82) is 0 Å². The molecule has 0 atom stereocenters. The van der Waals surface area contributed by atoms with Gasteiger partial charge >= 0.3 is 5.97 Å². The summed E-state index contributed by atoms with van der Waals surface area (Å²) < 4.78 is 0. The van der Waals surface area contributed by atoms with Crippen molar-refractivity contribution in [3.63, 3.8) is 0 Å². The van der Waals surface area contributed by atoms with E-state index in [-0.39, 0.29) is 0 Å². The van der Waals surface area contributed by atoms with E-state index in [0.717, 1.165) is 30.7 Å². The van der Waals surface area contributed by atoms with E-state index in [1.54, 1.807) is 6.20 Å². The molecule has 70 valence electrons. The molecule has 1 aromatic rings. The van der Waals surface area contributed by atoms with Gasteiger partial charge in [-0.05, 0) is 12.8 Å². The van der Waals surface area contributed by atoms with Gasteiger partial charge in [-0.1, -0.05) is 12.8 Å². The van der Waals surface area contributed by atoms with Gasteiger partial charge in [0.1, 0.15) is 10.4 Å². The maximum atomic E-state index is 11.2. The predicted molar refractivity (Wildman–Crippen MR) is 49.9 cm³/mol. The minimum absolute atomic E-state index is 0.659. The first kappa shape index (κ1) is 8.69. The van der Waals surface area contributed by atoms with Gasteiger partial charge in [-0.15, -0.1) is 11.3 Å². The molecule has 4 heteroatoms. The largest absolute Gasteiger partial charge is 0.481 e. The van der Waals surface area contributed by atoms with Gasteiger partial charge in [-0.25, -0.2) is 4.98 Å². The second-order valence-electron chi connectivity index (χ2n) is 3.43. The van der Waals surface area contributed by atoms with Crippen molar-refractivity contribution in [1.82, 2.24) is 4.98 Å².